The largest absolute Gasteiger partial charge is 0.396 e. The number of aliphatic hydroxyl groups excluding tert-OH is 4. The second-order valence-electron chi connectivity index (χ2n) is 5.01. The Hall–Kier alpha value is 0.340. The van der Waals surface area contributed by atoms with Gasteiger partial charge >= 0.3 is 0 Å². The quantitative estimate of drug-likeness (QED) is 0.377. The Kier molecular flexibility index (Phi) is 14.7. The molecule has 0 aromatic rings. The Bertz CT molecular complexity index is 206. The molecule has 0 amide bonds. The van der Waals surface area contributed by atoms with E-state index in [1.165, 1.54) is 0 Å². The second-order valence-corrected chi connectivity index (χ2v) is 5.01. The molecule has 20 heavy (non-hydrogen) atoms. The minimum absolute atomic E-state index is 0. The van der Waals surface area contributed by atoms with Crippen molar-refractivity contribution in [1.82, 2.24) is 10.6 Å². The number of halogens is 2. The van der Waals surface area contributed by atoms with E-state index in [1.54, 1.807) is 0 Å². The van der Waals surface area contributed by atoms with E-state index in [1.807, 2.05) is 0 Å². The Morgan fingerprint density at radius 3 is 1.30 bits per heavy atom. The Labute approximate surface area is 132 Å². The average Bonchev–Trinajstić information content (AvgIpc) is 2.41. The van der Waals surface area contributed by atoms with Gasteiger partial charge in [0.25, 0.3) is 0 Å². The van der Waals surface area contributed by atoms with E-state index in [4.69, 9.17) is 20.4 Å². The van der Waals surface area contributed by atoms with Gasteiger partial charge in [-0.2, -0.15) is 0 Å². The summed E-state index contributed by atoms with van der Waals surface area (Å²) in [4.78, 5) is 0. The van der Waals surface area contributed by atoms with Crippen LogP contribution >= 0.6 is 24.8 Å². The van der Waals surface area contributed by atoms with Gasteiger partial charge < -0.3 is 31.1 Å². The highest BCUT2D eigenvalue weighted by Gasteiger charge is 2.21. The molecule has 2 rings (SSSR count). The Morgan fingerprint density at radius 1 is 0.750 bits per heavy atom. The molecule has 124 valence electrons. The molecule has 0 aromatic heterocycles. The van der Waals surface area contributed by atoms with Gasteiger partial charge in [0.1, 0.15) is 0 Å². The van der Waals surface area contributed by atoms with Crippen molar-refractivity contribution in [2.45, 2.75) is 25.0 Å². The maximum Gasteiger partial charge on any atom is 0.0614 e. The van der Waals surface area contributed by atoms with Crippen molar-refractivity contribution in [1.29, 1.82) is 0 Å². The van der Waals surface area contributed by atoms with Crippen LogP contribution in [-0.4, -0.2) is 72.0 Å². The molecule has 2 saturated heterocycles. The Balaban J connectivity index is 0. The van der Waals surface area contributed by atoms with Gasteiger partial charge in [0.2, 0.25) is 0 Å². The first-order valence-electron chi connectivity index (χ1n) is 6.68. The molecule has 6 nitrogen and oxygen atoms in total. The molecular formula is C12H28Cl2N2O4. The molecule has 0 bridgehead atoms. The molecule has 8 heteroatoms. The third-order valence-electron chi connectivity index (χ3n) is 3.60. The van der Waals surface area contributed by atoms with Gasteiger partial charge in [-0.1, -0.05) is 0 Å². The molecule has 0 aliphatic carbocycles. The van der Waals surface area contributed by atoms with Crippen molar-refractivity contribution in [3.05, 3.63) is 0 Å². The highest BCUT2D eigenvalue weighted by atomic mass is 35.5. The normalized spacial score (nSPS) is 33.0. The molecule has 2 aliphatic rings. The number of piperidine rings is 2. The van der Waals surface area contributed by atoms with E-state index in [-0.39, 0.29) is 62.1 Å². The molecule has 2 heterocycles. The molecule has 0 aromatic carbocycles. The van der Waals surface area contributed by atoms with Crippen LogP contribution in [0.25, 0.3) is 0 Å². The van der Waals surface area contributed by atoms with Crippen LogP contribution in [0.1, 0.15) is 12.8 Å². The van der Waals surface area contributed by atoms with Crippen LogP contribution in [0.3, 0.4) is 0 Å². The van der Waals surface area contributed by atoms with E-state index in [9.17, 15) is 0 Å². The number of aliphatic hydroxyl groups is 4. The summed E-state index contributed by atoms with van der Waals surface area (Å²) in [5.41, 5.74) is 0. The average molecular weight is 335 g/mol. The van der Waals surface area contributed by atoms with Crippen molar-refractivity contribution in [3.8, 4) is 0 Å². The minimum Gasteiger partial charge on any atom is -0.396 e. The van der Waals surface area contributed by atoms with Crippen molar-refractivity contribution in [2.24, 2.45) is 11.8 Å². The predicted molar refractivity (Wildman–Crippen MR) is 82.6 cm³/mol. The van der Waals surface area contributed by atoms with Crippen LogP contribution in [0.2, 0.25) is 0 Å². The van der Waals surface area contributed by atoms with E-state index in [0.717, 1.165) is 39.0 Å². The highest BCUT2D eigenvalue weighted by molar-refractivity contribution is 5.85. The van der Waals surface area contributed by atoms with E-state index >= 15 is 0 Å². The first-order valence-corrected chi connectivity index (χ1v) is 6.68. The standard InChI is InChI=1S/2C6H13NO2.2ClH/c2*8-4-5-3-7-2-1-6(5)9;;/h2*5-9H,1-4H2;2*1H/t2*5-,6-;;/m10../s1. The van der Waals surface area contributed by atoms with Crippen LogP contribution in [0.15, 0.2) is 0 Å². The highest BCUT2D eigenvalue weighted by Crippen LogP contribution is 2.09. The van der Waals surface area contributed by atoms with Crippen LogP contribution in [0.4, 0.5) is 0 Å². The molecule has 2 fully saturated rings. The minimum atomic E-state index is -0.295. The van der Waals surface area contributed by atoms with Crippen molar-refractivity contribution in [3.63, 3.8) is 0 Å². The maximum atomic E-state index is 9.17. The maximum absolute atomic E-state index is 9.17. The number of hydrogen-bond donors (Lipinski definition) is 6. The Morgan fingerprint density at radius 2 is 1.10 bits per heavy atom. The zero-order valence-corrected chi connectivity index (χ0v) is 13.2. The molecule has 6 N–H and O–H groups in total. The van der Waals surface area contributed by atoms with Gasteiger partial charge in [0.15, 0.2) is 0 Å². The van der Waals surface area contributed by atoms with Gasteiger partial charge in [-0.3, -0.25) is 0 Å². The van der Waals surface area contributed by atoms with Crippen LogP contribution in [0, 0.1) is 11.8 Å². The van der Waals surface area contributed by atoms with Crippen LogP contribution in [-0.2, 0) is 0 Å². The third kappa shape index (κ3) is 7.95. The molecule has 0 unspecified atom stereocenters. The summed E-state index contributed by atoms with van der Waals surface area (Å²) in [6.07, 6.45) is 0.948. The second kappa shape index (κ2) is 13.0. The summed E-state index contributed by atoms with van der Waals surface area (Å²) in [6.45, 7) is 3.42. The SMILES string of the molecule is Cl.Cl.OC[C@@H]1CNCC[C@@H]1O.OC[C@H]1CNCC[C@H]1O. The number of rotatable bonds is 2. The fourth-order valence-corrected chi connectivity index (χ4v) is 2.19. The fraction of sp³-hybridized carbons (Fsp3) is 1.00. The van der Waals surface area contributed by atoms with Gasteiger partial charge in [0, 0.05) is 38.1 Å². The lowest BCUT2D eigenvalue weighted by Crippen LogP contribution is -2.41. The summed E-state index contributed by atoms with van der Waals surface area (Å²) in [7, 11) is 0. The third-order valence-corrected chi connectivity index (χ3v) is 3.60. The summed E-state index contributed by atoms with van der Waals surface area (Å²) < 4.78 is 0. The zero-order chi connectivity index (χ0) is 13.4. The van der Waals surface area contributed by atoms with Crippen LogP contribution in [0.5, 0.6) is 0 Å². The zero-order valence-electron chi connectivity index (χ0n) is 11.6. The molecule has 0 spiro atoms. The van der Waals surface area contributed by atoms with E-state index in [2.05, 4.69) is 10.6 Å². The van der Waals surface area contributed by atoms with Crippen LogP contribution < -0.4 is 10.6 Å². The van der Waals surface area contributed by atoms with E-state index in [0.29, 0.717) is 0 Å². The molecule has 0 radical (unpaired) electrons. The van der Waals surface area contributed by atoms with Gasteiger partial charge in [-0.25, -0.2) is 0 Å². The lowest BCUT2D eigenvalue weighted by atomic mass is 9.97. The van der Waals surface area contributed by atoms with Crippen molar-refractivity contribution >= 4 is 24.8 Å². The first-order chi connectivity index (χ1) is 8.69. The smallest absolute Gasteiger partial charge is 0.0614 e. The summed E-state index contributed by atoms with van der Waals surface area (Å²) >= 11 is 0. The fourth-order valence-electron chi connectivity index (χ4n) is 2.19. The van der Waals surface area contributed by atoms with Crippen molar-refractivity contribution < 1.29 is 20.4 Å². The number of nitrogens with one attached hydrogen (secondary N) is 2. The van der Waals surface area contributed by atoms with Gasteiger partial charge in [-0.15, -0.1) is 24.8 Å². The molecular weight excluding hydrogens is 307 g/mol. The first kappa shape index (κ1) is 22.6. The topological polar surface area (TPSA) is 105 Å². The predicted octanol–water partition coefficient (Wildman–Crippen LogP) is -1.26. The number of hydrogen-bond acceptors (Lipinski definition) is 6. The summed E-state index contributed by atoms with van der Waals surface area (Å²) in [5.74, 6) is 0.109. The van der Waals surface area contributed by atoms with Crippen molar-refractivity contribution in [2.75, 3.05) is 39.4 Å². The molecule has 0 saturated carbocycles. The monoisotopic (exact) mass is 334 g/mol. The summed E-state index contributed by atoms with van der Waals surface area (Å²) in [6, 6.07) is 0. The van der Waals surface area contributed by atoms with E-state index < -0.39 is 0 Å². The lowest BCUT2D eigenvalue weighted by molar-refractivity contribution is 0.0443. The van der Waals surface area contributed by atoms with Gasteiger partial charge in [0.05, 0.1) is 12.2 Å². The molecule has 2 aliphatic heterocycles. The lowest BCUT2D eigenvalue weighted by Gasteiger charge is -2.26. The van der Waals surface area contributed by atoms with Gasteiger partial charge in [-0.05, 0) is 25.9 Å². The molecule has 4 atom stereocenters. The summed E-state index contributed by atoms with van der Waals surface area (Å²) in [5, 5.41) is 41.9.